The van der Waals surface area contributed by atoms with Gasteiger partial charge in [-0.25, -0.2) is 0 Å². The van der Waals surface area contributed by atoms with Crippen LogP contribution in [0.3, 0.4) is 0 Å². The van der Waals surface area contributed by atoms with Crippen molar-refractivity contribution in [2.24, 2.45) is 0 Å². The molecule has 0 N–H and O–H groups in total. The molecule has 0 aliphatic rings. The summed E-state index contributed by atoms with van der Waals surface area (Å²) in [6.45, 7) is 13.6. The Hall–Kier alpha value is -3.18. The Balaban J connectivity index is 4.74. The first kappa shape index (κ1) is 79.8. The highest BCUT2D eigenvalue weighted by Gasteiger charge is 2.22. The van der Waals surface area contributed by atoms with Crippen LogP contribution in [-0.4, -0.2) is 73.4 Å². The van der Waals surface area contributed by atoms with Crippen LogP contribution in [0.25, 0.3) is 0 Å². The highest BCUT2D eigenvalue weighted by atomic mass is 16.6. The maximum atomic E-state index is 13.0. The molecule has 0 bridgehead atoms. The highest BCUT2D eigenvalue weighted by molar-refractivity contribution is 5.71. The number of esters is 6. The molecular weight excluding hydrogens is 1040 g/mol. The van der Waals surface area contributed by atoms with Crippen molar-refractivity contribution in [2.75, 3.05) is 13.2 Å². The predicted octanol–water partition coefficient (Wildman–Crippen LogP) is 20.5. The SMILES string of the molecule is CCCCCCCC(=O)OC(CCCCCC)CCC(CCCCCCCC(=O)OCCCOC(=O)CCCCCCCC(CCC(CCCCCC)OC(=O)CCCCCCC)OC(=O)CCCCCCC)OC(=O)CCCCCCC. The van der Waals surface area contributed by atoms with Gasteiger partial charge in [0.2, 0.25) is 0 Å². The number of rotatable bonds is 64. The smallest absolute Gasteiger partial charge is 0.306 e. The van der Waals surface area contributed by atoms with Crippen molar-refractivity contribution < 1.29 is 57.2 Å². The molecule has 0 rings (SSSR count). The molecule has 83 heavy (non-hydrogen) atoms. The van der Waals surface area contributed by atoms with Crippen LogP contribution in [0.2, 0.25) is 0 Å². The highest BCUT2D eigenvalue weighted by Crippen LogP contribution is 2.24. The Morgan fingerprint density at radius 2 is 0.386 bits per heavy atom. The number of ether oxygens (including phenoxy) is 6. The van der Waals surface area contributed by atoms with Crippen molar-refractivity contribution in [2.45, 2.75) is 406 Å². The normalized spacial score (nSPS) is 12.8. The van der Waals surface area contributed by atoms with Gasteiger partial charge in [-0.3, -0.25) is 28.8 Å². The molecule has 0 radical (unpaired) electrons. The third-order valence-corrected chi connectivity index (χ3v) is 16.1. The summed E-state index contributed by atoms with van der Waals surface area (Å²) < 4.78 is 35.2. The summed E-state index contributed by atoms with van der Waals surface area (Å²) in [6.07, 6.45) is 48.3. The average molecular weight is 1180 g/mol. The quantitative estimate of drug-likeness (QED) is 0.0323. The molecule has 488 valence electrons. The number of carbonyl (C=O) groups is 6. The van der Waals surface area contributed by atoms with E-state index in [4.69, 9.17) is 28.4 Å². The van der Waals surface area contributed by atoms with Gasteiger partial charge in [-0.1, -0.05) is 221 Å². The lowest BCUT2D eigenvalue weighted by Gasteiger charge is -2.23. The summed E-state index contributed by atoms with van der Waals surface area (Å²) in [4.78, 5) is 76.6. The summed E-state index contributed by atoms with van der Waals surface area (Å²) in [6, 6.07) is 0. The predicted molar refractivity (Wildman–Crippen MR) is 340 cm³/mol. The van der Waals surface area contributed by atoms with Gasteiger partial charge in [0.1, 0.15) is 24.4 Å². The standard InChI is InChI=1S/C71H132O12/c1-7-13-19-27-41-52-68(74)80-62(46-35-23-17-11-5)56-58-64(82-70(76)54-43-29-21-15-9-3)48-37-31-25-33-39-50-66(72)78-60-45-61-79-67(73)51-40-34-26-32-38-49-65(83-71(77)55-44-30-22-16-10-4)59-57-63(47-36-24-18-12-6)81-69(75)53-42-28-20-14-8-2/h62-65H,7-61H2,1-6H3. The van der Waals surface area contributed by atoms with E-state index in [2.05, 4.69) is 41.5 Å². The van der Waals surface area contributed by atoms with E-state index in [0.29, 0.717) is 70.6 Å². The zero-order valence-corrected chi connectivity index (χ0v) is 55.1. The summed E-state index contributed by atoms with van der Waals surface area (Å²) in [5.41, 5.74) is 0. The zero-order chi connectivity index (χ0) is 60.9. The Kier molecular flexibility index (Phi) is 59.5. The monoisotopic (exact) mass is 1180 g/mol. The number of hydrogen-bond acceptors (Lipinski definition) is 12. The first-order chi connectivity index (χ1) is 40.5. The van der Waals surface area contributed by atoms with Crippen LogP contribution < -0.4 is 0 Å². The molecule has 4 unspecified atom stereocenters. The van der Waals surface area contributed by atoms with E-state index >= 15 is 0 Å². The van der Waals surface area contributed by atoms with Gasteiger partial charge < -0.3 is 28.4 Å². The van der Waals surface area contributed by atoms with Crippen LogP contribution in [0.1, 0.15) is 382 Å². The Morgan fingerprint density at radius 1 is 0.205 bits per heavy atom. The van der Waals surface area contributed by atoms with E-state index in [1.165, 1.54) is 64.2 Å². The Morgan fingerprint density at radius 3 is 0.614 bits per heavy atom. The van der Waals surface area contributed by atoms with Crippen LogP contribution in [0.15, 0.2) is 0 Å². The number of unbranched alkanes of at least 4 members (excludes halogenated alkanes) is 30. The molecule has 12 nitrogen and oxygen atoms in total. The van der Waals surface area contributed by atoms with E-state index in [-0.39, 0.29) is 73.4 Å². The largest absolute Gasteiger partial charge is 0.466 e. The maximum absolute atomic E-state index is 13.0. The minimum Gasteiger partial charge on any atom is -0.466 e. The molecule has 0 amide bonds. The summed E-state index contributed by atoms with van der Waals surface area (Å²) in [5, 5.41) is 0. The molecule has 0 saturated carbocycles. The lowest BCUT2D eigenvalue weighted by molar-refractivity contribution is -0.154. The van der Waals surface area contributed by atoms with Crippen molar-refractivity contribution in [3.63, 3.8) is 0 Å². The molecule has 0 heterocycles. The van der Waals surface area contributed by atoms with E-state index < -0.39 is 0 Å². The van der Waals surface area contributed by atoms with E-state index in [1.54, 1.807) is 0 Å². The molecule has 0 saturated heterocycles. The van der Waals surface area contributed by atoms with Crippen molar-refractivity contribution in [1.29, 1.82) is 0 Å². The van der Waals surface area contributed by atoms with Crippen LogP contribution in [-0.2, 0) is 57.2 Å². The topological polar surface area (TPSA) is 158 Å². The summed E-state index contributed by atoms with van der Waals surface area (Å²) >= 11 is 0. The van der Waals surface area contributed by atoms with E-state index in [1.807, 2.05) is 0 Å². The molecule has 4 atom stereocenters. The second-order valence-electron chi connectivity index (χ2n) is 24.4. The van der Waals surface area contributed by atoms with Gasteiger partial charge in [-0.15, -0.1) is 0 Å². The second-order valence-corrected chi connectivity index (χ2v) is 24.4. The van der Waals surface area contributed by atoms with E-state index in [0.717, 1.165) is 205 Å². The molecule has 0 fully saturated rings. The fraction of sp³-hybridized carbons (Fsp3) is 0.915. The maximum Gasteiger partial charge on any atom is 0.306 e. The van der Waals surface area contributed by atoms with E-state index in [9.17, 15) is 28.8 Å². The van der Waals surface area contributed by atoms with Gasteiger partial charge in [0.25, 0.3) is 0 Å². The second kappa shape index (κ2) is 61.9. The third-order valence-electron chi connectivity index (χ3n) is 16.1. The first-order valence-corrected chi connectivity index (χ1v) is 35.6. The van der Waals surface area contributed by atoms with Crippen LogP contribution in [0.5, 0.6) is 0 Å². The molecule has 0 aromatic heterocycles. The molecule has 0 aliphatic carbocycles. The molecule has 0 spiro atoms. The lowest BCUT2D eigenvalue weighted by atomic mass is 9.99. The minimum atomic E-state index is -0.229. The van der Waals surface area contributed by atoms with Gasteiger partial charge in [-0.2, -0.15) is 0 Å². The van der Waals surface area contributed by atoms with Crippen molar-refractivity contribution >= 4 is 35.8 Å². The zero-order valence-electron chi connectivity index (χ0n) is 55.1. The van der Waals surface area contributed by atoms with Gasteiger partial charge in [-0.05, 0) is 116 Å². The van der Waals surface area contributed by atoms with Gasteiger partial charge in [0, 0.05) is 44.9 Å². The molecule has 0 aromatic carbocycles. The lowest BCUT2D eigenvalue weighted by Crippen LogP contribution is -2.23. The average Bonchev–Trinajstić information content (AvgIpc) is 3.46. The summed E-state index contributed by atoms with van der Waals surface area (Å²) in [5.74, 6) is -0.893. The van der Waals surface area contributed by atoms with Crippen molar-refractivity contribution in [3.05, 3.63) is 0 Å². The fourth-order valence-corrected chi connectivity index (χ4v) is 10.8. The van der Waals surface area contributed by atoms with Crippen LogP contribution >= 0.6 is 0 Å². The van der Waals surface area contributed by atoms with Crippen molar-refractivity contribution in [3.8, 4) is 0 Å². The fourth-order valence-electron chi connectivity index (χ4n) is 10.8. The van der Waals surface area contributed by atoms with Crippen LogP contribution in [0.4, 0.5) is 0 Å². The van der Waals surface area contributed by atoms with Gasteiger partial charge in [0.15, 0.2) is 0 Å². The molecular formula is C71H132O12. The van der Waals surface area contributed by atoms with Crippen molar-refractivity contribution in [1.82, 2.24) is 0 Å². The minimum absolute atomic E-state index is 0.0978. The molecule has 0 aliphatic heterocycles. The first-order valence-electron chi connectivity index (χ1n) is 35.6. The third kappa shape index (κ3) is 56.4. The van der Waals surface area contributed by atoms with Gasteiger partial charge in [0.05, 0.1) is 13.2 Å². The molecule has 12 heteroatoms. The number of carbonyl (C=O) groups excluding carboxylic acids is 6. The summed E-state index contributed by atoms with van der Waals surface area (Å²) in [7, 11) is 0. The number of hydrogen-bond donors (Lipinski definition) is 0. The van der Waals surface area contributed by atoms with Crippen LogP contribution in [0, 0.1) is 0 Å². The Labute approximate surface area is 510 Å². The Bertz CT molecular complexity index is 1390. The van der Waals surface area contributed by atoms with Gasteiger partial charge >= 0.3 is 35.8 Å². The molecule has 0 aromatic rings.